The lowest BCUT2D eigenvalue weighted by atomic mass is 10.0. The Kier molecular flexibility index (Phi) is 3.49. The van der Waals surface area contributed by atoms with E-state index in [1.54, 1.807) is 0 Å². The van der Waals surface area contributed by atoms with E-state index < -0.39 is 0 Å². The molecule has 16 heavy (non-hydrogen) atoms. The first kappa shape index (κ1) is 11.5. The van der Waals surface area contributed by atoms with Gasteiger partial charge in [-0.2, -0.15) is 0 Å². The van der Waals surface area contributed by atoms with Crippen molar-refractivity contribution in [3.63, 3.8) is 0 Å². The van der Waals surface area contributed by atoms with Gasteiger partial charge in [-0.3, -0.25) is 0 Å². The van der Waals surface area contributed by atoms with Gasteiger partial charge in [-0.25, -0.2) is 0 Å². The SMILES string of the molecule is CN(C)c1cccc(C(N)CCC2CC2)c1. The molecule has 1 aliphatic rings. The molecule has 1 atom stereocenters. The summed E-state index contributed by atoms with van der Waals surface area (Å²) in [4.78, 5) is 2.12. The van der Waals surface area contributed by atoms with Crippen molar-refractivity contribution >= 4 is 5.69 Å². The van der Waals surface area contributed by atoms with Gasteiger partial charge in [-0.1, -0.05) is 25.0 Å². The summed E-state index contributed by atoms with van der Waals surface area (Å²) in [5.41, 5.74) is 8.73. The molecule has 1 saturated carbocycles. The van der Waals surface area contributed by atoms with Gasteiger partial charge >= 0.3 is 0 Å². The Bertz CT molecular complexity index is 342. The maximum atomic E-state index is 6.22. The van der Waals surface area contributed by atoms with E-state index in [0.717, 1.165) is 12.3 Å². The van der Waals surface area contributed by atoms with E-state index in [-0.39, 0.29) is 6.04 Å². The summed E-state index contributed by atoms with van der Waals surface area (Å²) in [6.07, 6.45) is 5.27. The summed E-state index contributed by atoms with van der Waals surface area (Å²) in [7, 11) is 4.13. The highest BCUT2D eigenvalue weighted by atomic mass is 15.1. The molecule has 1 aromatic rings. The molecule has 2 rings (SSSR count). The second kappa shape index (κ2) is 4.88. The van der Waals surface area contributed by atoms with Gasteiger partial charge in [-0.15, -0.1) is 0 Å². The molecule has 2 N–H and O–H groups in total. The molecule has 0 saturated heterocycles. The van der Waals surface area contributed by atoms with Crippen LogP contribution in [-0.4, -0.2) is 14.1 Å². The van der Waals surface area contributed by atoms with E-state index in [1.807, 2.05) is 0 Å². The van der Waals surface area contributed by atoms with E-state index >= 15 is 0 Å². The molecule has 2 nitrogen and oxygen atoms in total. The van der Waals surface area contributed by atoms with Crippen LogP contribution in [0, 0.1) is 5.92 Å². The van der Waals surface area contributed by atoms with Crippen LogP contribution in [0.2, 0.25) is 0 Å². The van der Waals surface area contributed by atoms with Crippen molar-refractivity contribution in [3.05, 3.63) is 29.8 Å². The fourth-order valence-electron chi connectivity index (χ4n) is 2.02. The molecule has 0 radical (unpaired) electrons. The van der Waals surface area contributed by atoms with Gasteiger partial charge in [0.1, 0.15) is 0 Å². The van der Waals surface area contributed by atoms with Gasteiger partial charge in [-0.05, 0) is 36.5 Å². The Morgan fingerprint density at radius 3 is 2.75 bits per heavy atom. The molecule has 0 heterocycles. The smallest absolute Gasteiger partial charge is 0.0364 e. The quantitative estimate of drug-likeness (QED) is 0.823. The minimum atomic E-state index is 0.209. The average Bonchev–Trinajstić information content (AvgIpc) is 3.10. The summed E-state index contributed by atoms with van der Waals surface area (Å²) in [5, 5.41) is 0. The highest BCUT2D eigenvalue weighted by Gasteiger charge is 2.21. The van der Waals surface area contributed by atoms with Gasteiger partial charge in [0.25, 0.3) is 0 Å². The van der Waals surface area contributed by atoms with Gasteiger partial charge in [0.15, 0.2) is 0 Å². The first-order valence-corrected chi connectivity index (χ1v) is 6.19. The third-order valence-electron chi connectivity index (χ3n) is 3.40. The Balaban J connectivity index is 1.97. The third kappa shape index (κ3) is 2.99. The zero-order chi connectivity index (χ0) is 11.5. The lowest BCUT2D eigenvalue weighted by Gasteiger charge is -2.17. The Labute approximate surface area is 98.4 Å². The van der Waals surface area contributed by atoms with Crippen molar-refractivity contribution in [1.29, 1.82) is 0 Å². The van der Waals surface area contributed by atoms with Crippen LogP contribution in [0.1, 0.15) is 37.3 Å². The highest BCUT2D eigenvalue weighted by Crippen LogP contribution is 2.35. The minimum Gasteiger partial charge on any atom is -0.378 e. The average molecular weight is 218 g/mol. The number of hydrogen-bond donors (Lipinski definition) is 1. The van der Waals surface area contributed by atoms with Crippen molar-refractivity contribution in [2.45, 2.75) is 31.7 Å². The van der Waals surface area contributed by atoms with E-state index in [1.165, 1.54) is 30.5 Å². The number of hydrogen-bond acceptors (Lipinski definition) is 2. The number of rotatable bonds is 5. The highest BCUT2D eigenvalue weighted by molar-refractivity contribution is 5.47. The molecule has 2 heteroatoms. The minimum absolute atomic E-state index is 0.209. The summed E-state index contributed by atoms with van der Waals surface area (Å²) < 4.78 is 0. The van der Waals surface area contributed by atoms with Crippen molar-refractivity contribution in [3.8, 4) is 0 Å². The van der Waals surface area contributed by atoms with Crippen LogP contribution in [0.4, 0.5) is 5.69 Å². The molecule has 1 fully saturated rings. The molecule has 0 aliphatic heterocycles. The number of benzene rings is 1. The fraction of sp³-hybridized carbons (Fsp3) is 0.571. The molecule has 0 aromatic heterocycles. The van der Waals surface area contributed by atoms with Crippen LogP contribution in [0.15, 0.2) is 24.3 Å². The number of nitrogens with two attached hydrogens (primary N) is 1. The predicted molar refractivity (Wildman–Crippen MR) is 69.7 cm³/mol. The zero-order valence-corrected chi connectivity index (χ0v) is 10.3. The normalized spacial score (nSPS) is 17.2. The van der Waals surface area contributed by atoms with E-state index in [4.69, 9.17) is 5.73 Å². The molecule has 0 spiro atoms. The first-order valence-electron chi connectivity index (χ1n) is 6.19. The maximum absolute atomic E-state index is 6.22. The molecule has 1 unspecified atom stereocenters. The van der Waals surface area contributed by atoms with Gasteiger partial charge in [0, 0.05) is 25.8 Å². The second-order valence-electron chi connectivity index (χ2n) is 5.12. The van der Waals surface area contributed by atoms with E-state index in [0.29, 0.717) is 0 Å². The van der Waals surface area contributed by atoms with Crippen molar-refractivity contribution in [2.75, 3.05) is 19.0 Å². The summed E-state index contributed by atoms with van der Waals surface area (Å²) in [5.74, 6) is 0.975. The summed E-state index contributed by atoms with van der Waals surface area (Å²) in [6, 6.07) is 8.78. The second-order valence-corrected chi connectivity index (χ2v) is 5.12. The molecule has 1 aromatic carbocycles. The van der Waals surface area contributed by atoms with Gasteiger partial charge in [0.2, 0.25) is 0 Å². The predicted octanol–water partition coefficient (Wildman–Crippen LogP) is 2.94. The molecule has 88 valence electrons. The van der Waals surface area contributed by atoms with Crippen LogP contribution in [-0.2, 0) is 0 Å². The summed E-state index contributed by atoms with van der Waals surface area (Å²) in [6.45, 7) is 0. The van der Waals surface area contributed by atoms with Crippen molar-refractivity contribution in [1.82, 2.24) is 0 Å². The van der Waals surface area contributed by atoms with Crippen LogP contribution in [0.3, 0.4) is 0 Å². The lowest BCUT2D eigenvalue weighted by Crippen LogP contribution is -2.13. The molecule has 0 amide bonds. The third-order valence-corrected chi connectivity index (χ3v) is 3.40. The van der Waals surface area contributed by atoms with E-state index in [9.17, 15) is 0 Å². The van der Waals surface area contributed by atoms with Gasteiger partial charge < -0.3 is 10.6 Å². The molecule has 1 aliphatic carbocycles. The van der Waals surface area contributed by atoms with Gasteiger partial charge in [0.05, 0.1) is 0 Å². The zero-order valence-electron chi connectivity index (χ0n) is 10.3. The van der Waals surface area contributed by atoms with Crippen LogP contribution >= 0.6 is 0 Å². The Morgan fingerprint density at radius 1 is 1.38 bits per heavy atom. The number of anilines is 1. The first-order chi connectivity index (χ1) is 7.66. The lowest BCUT2D eigenvalue weighted by molar-refractivity contribution is 0.575. The Morgan fingerprint density at radius 2 is 2.12 bits per heavy atom. The fourth-order valence-corrected chi connectivity index (χ4v) is 2.02. The van der Waals surface area contributed by atoms with Crippen molar-refractivity contribution < 1.29 is 0 Å². The molecule has 0 bridgehead atoms. The largest absolute Gasteiger partial charge is 0.378 e. The van der Waals surface area contributed by atoms with E-state index in [2.05, 4.69) is 43.3 Å². The van der Waals surface area contributed by atoms with Crippen LogP contribution in [0.5, 0.6) is 0 Å². The van der Waals surface area contributed by atoms with Crippen LogP contribution < -0.4 is 10.6 Å². The van der Waals surface area contributed by atoms with Crippen molar-refractivity contribution in [2.24, 2.45) is 11.7 Å². The summed E-state index contributed by atoms with van der Waals surface area (Å²) >= 11 is 0. The van der Waals surface area contributed by atoms with Crippen LogP contribution in [0.25, 0.3) is 0 Å². The standard InChI is InChI=1S/C14H22N2/c1-16(2)13-5-3-4-12(10-13)14(15)9-8-11-6-7-11/h3-5,10-11,14H,6-9,15H2,1-2H3. The molecular weight excluding hydrogens is 196 g/mol. The number of nitrogens with zero attached hydrogens (tertiary/aromatic N) is 1. The monoisotopic (exact) mass is 218 g/mol. The molecular formula is C14H22N2. The topological polar surface area (TPSA) is 29.3 Å². The maximum Gasteiger partial charge on any atom is 0.0364 e. The Hall–Kier alpha value is -1.02.